The Balaban J connectivity index is 1.64. The van der Waals surface area contributed by atoms with Crippen molar-refractivity contribution in [2.45, 2.75) is 26.2 Å². The molecule has 7 heteroatoms. The molecule has 2 aromatic heterocycles. The second-order valence-corrected chi connectivity index (χ2v) is 8.90. The van der Waals surface area contributed by atoms with E-state index in [1.165, 1.54) is 0 Å². The fourth-order valence-electron chi connectivity index (χ4n) is 3.27. The number of imidazole rings is 1. The lowest BCUT2D eigenvalue weighted by molar-refractivity contribution is 0.262. The molecule has 0 atom stereocenters. The minimum Gasteiger partial charge on any atom is -0.341 e. The molecule has 162 valence electrons. The van der Waals surface area contributed by atoms with E-state index in [4.69, 9.17) is 16.6 Å². The van der Waals surface area contributed by atoms with Crippen LogP contribution >= 0.6 is 11.6 Å². The Morgan fingerprint density at radius 2 is 1.56 bits per heavy atom. The summed E-state index contributed by atoms with van der Waals surface area (Å²) in [5.41, 5.74) is 4.75. The van der Waals surface area contributed by atoms with Crippen LogP contribution < -0.4 is 10.6 Å². The minimum atomic E-state index is -0.351. The van der Waals surface area contributed by atoms with Gasteiger partial charge in [0, 0.05) is 45.3 Å². The van der Waals surface area contributed by atoms with Crippen molar-refractivity contribution in [3.05, 3.63) is 83.9 Å². The molecule has 0 radical (unpaired) electrons. The fourth-order valence-corrected chi connectivity index (χ4v) is 3.46. The Kier molecular flexibility index (Phi) is 5.97. The maximum atomic E-state index is 12.5. The van der Waals surface area contributed by atoms with E-state index in [9.17, 15) is 4.79 Å². The summed E-state index contributed by atoms with van der Waals surface area (Å²) < 4.78 is 0. The molecule has 3 N–H and O–H groups in total. The van der Waals surface area contributed by atoms with Crippen molar-refractivity contribution in [1.29, 1.82) is 0 Å². The third-order valence-corrected chi connectivity index (χ3v) is 5.09. The lowest BCUT2D eigenvalue weighted by atomic mass is 9.96. The molecule has 4 rings (SSSR count). The summed E-state index contributed by atoms with van der Waals surface area (Å²) in [5, 5.41) is 6.22. The van der Waals surface area contributed by atoms with Crippen LogP contribution in [0.15, 0.2) is 73.1 Å². The van der Waals surface area contributed by atoms with Crippen LogP contribution in [0.1, 0.15) is 26.6 Å². The van der Waals surface area contributed by atoms with Crippen LogP contribution in [0, 0.1) is 0 Å². The van der Waals surface area contributed by atoms with Crippen molar-refractivity contribution in [2.75, 3.05) is 10.6 Å². The van der Waals surface area contributed by atoms with Gasteiger partial charge in [0.25, 0.3) is 0 Å². The number of rotatable bonds is 4. The minimum absolute atomic E-state index is 0.146. The van der Waals surface area contributed by atoms with Gasteiger partial charge in [-0.3, -0.25) is 4.98 Å². The molecular weight excluding hydrogens is 422 g/mol. The summed E-state index contributed by atoms with van der Waals surface area (Å²) in [5.74, 6) is 0.886. The number of hydrogen-bond acceptors (Lipinski definition) is 3. The number of halogens is 1. The summed E-state index contributed by atoms with van der Waals surface area (Å²) >= 11 is 5.99. The SMILES string of the molecule is CC(C)(C)c1nc(-c2cccc(NC(=O)Nc3cccc(Cl)c3)c2)c(-c2ccncc2)[nH]1. The summed E-state index contributed by atoms with van der Waals surface area (Å²) in [7, 11) is 0. The van der Waals surface area contributed by atoms with Crippen molar-refractivity contribution in [2.24, 2.45) is 0 Å². The van der Waals surface area contributed by atoms with Crippen LogP contribution in [0.3, 0.4) is 0 Å². The van der Waals surface area contributed by atoms with Gasteiger partial charge in [0.15, 0.2) is 0 Å². The van der Waals surface area contributed by atoms with Crippen molar-refractivity contribution in [1.82, 2.24) is 15.0 Å². The number of hydrogen-bond donors (Lipinski definition) is 3. The average molecular weight is 446 g/mol. The van der Waals surface area contributed by atoms with Crippen molar-refractivity contribution in [3.8, 4) is 22.5 Å². The number of aromatic amines is 1. The highest BCUT2D eigenvalue weighted by atomic mass is 35.5. The zero-order chi connectivity index (χ0) is 22.7. The molecule has 4 aromatic rings. The zero-order valence-electron chi connectivity index (χ0n) is 18.1. The molecule has 6 nitrogen and oxygen atoms in total. The van der Waals surface area contributed by atoms with Crippen molar-refractivity contribution < 1.29 is 4.79 Å². The molecule has 0 saturated carbocycles. The number of anilines is 2. The van der Waals surface area contributed by atoms with Crippen LogP contribution in [0.5, 0.6) is 0 Å². The van der Waals surface area contributed by atoms with Gasteiger partial charge in [0.2, 0.25) is 0 Å². The van der Waals surface area contributed by atoms with Gasteiger partial charge in [0.1, 0.15) is 5.82 Å². The number of carbonyl (C=O) groups is 1. The Labute approximate surface area is 192 Å². The molecule has 2 heterocycles. The summed E-state index contributed by atoms with van der Waals surface area (Å²) in [6, 6.07) is 18.2. The first-order valence-electron chi connectivity index (χ1n) is 10.2. The molecule has 32 heavy (non-hydrogen) atoms. The van der Waals surface area contributed by atoms with E-state index in [0.29, 0.717) is 16.4 Å². The molecule has 0 aliphatic heterocycles. The Morgan fingerprint density at radius 3 is 2.22 bits per heavy atom. The van der Waals surface area contributed by atoms with Crippen LogP contribution in [0.25, 0.3) is 22.5 Å². The van der Waals surface area contributed by atoms with E-state index in [0.717, 1.165) is 28.3 Å². The second-order valence-electron chi connectivity index (χ2n) is 8.47. The second kappa shape index (κ2) is 8.85. The number of amides is 2. The van der Waals surface area contributed by atoms with E-state index in [1.54, 1.807) is 36.7 Å². The first-order valence-corrected chi connectivity index (χ1v) is 10.6. The standard InChI is InChI=1S/C25H24ClN5O/c1-25(2,3)23-30-21(16-10-12-27-13-11-16)22(31-23)17-6-4-8-19(14-17)28-24(32)29-20-9-5-7-18(26)15-20/h4-15H,1-3H3,(H,30,31)(H2,28,29,32). The van der Waals surface area contributed by atoms with Gasteiger partial charge in [-0.25, -0.2) is 9.78 Å². The molecule has 0 aliphatic carbocycles. The molecule has 0 unspecified atom stereocenters. The average Bonchev–Trinajstić information content (AvgIpc) is 3.21. The van der Waals surface area contributed by atoms with Crippen LogP contribution in [-0.2, 0) is 5.41 Å². The highest BCUT2D eigenvalue weighted by Gasteiger charge is 2.22. The quantitative estimate of drug-likeness (QED) is 0.325. The summed E-state index contributed by atoms with van der Waals surface area (Å²) in [6.45, 7) is 6.35. The lowest BCUT2D eigenvalue weighted by Gasteiger charge is -2.14. The van der Waals surface area contributed by atoms with E-state index < -0.39 is 0 Å². The largest absolute Gasteiger partial charge is 0.341 e. The third kappa shape index (κ3) is 4.98. The van der Waals surface area contributed by atoms with Crippen LogP contribution in [-0.4, -0.2) is 21.0 Å². The van der Waals surface area contributed by atoms with Crippen molar-refractivity contribution >= 4 is 29.0 Å². The number of pyridine rings is 1. The highest BCUT2D eigenvalue weighted by Crippen LogP contribution is 2.34. The van der Waals surface area contributed by atoms with Gasteiger partial charge in [0.05, 0.1) is 11.4 Å². The normalized spacial score (nSPS) is 11.2. The van der Waals surface area contributed by atoms with E-state index in [1.807, 2.05) is 36.4 Å². The van der Waals surface area contributed by atoms with Gasteiger partial charge in [-0.2, -0.15) is 0 Å². The monoisotopic (exact) mass is 445 g/mol. The van der Waals surface area contributed by atoms with E-state index in [2.05, 4.69) is 41.4 Å². The molecule has 0 spiro atoms. The predicted octanol–water partition coefficient (Wildman–Crippen LogP) is 6.73. The Bertz CT molecular complexity index is 1240. The van der Waals surface area contributed by atoms with Crippen molar-refractivity contribution in [3.63, 3.8) is 0 Å². The van der Waals surface area contributed by atoms with E-state index >= 15 is 0 Å². The van der Waals surface area contributed by atoms with Gasteiger partial charge in [-0.15, -0.1) is 0 Å². The maximum Gasteiger partial charge on any atom is 0.323 e. The smallest absolute Gasteiger partial charge is 0.323 e. The highest BCUT2D eigenvalue weighted by molar-refractivity contribution is 6.30. The maximum absolute atomic E-state index is 12.5. The fraction of sp³-hybridized carbons (Fsp3) is 0.160. The molecule has 0 bridgehead atoms. The first-order chi connectivity index (χ1) is 15.3. The van der Waals surface area contributed by atoms with Gasteiger partial charge in [-0.1, -0.05) is 50.6 Å². The number of benzene rings is 2. The Hall–Kier alpha value is -3.64. The molecule has 2 amide bonds. The number of nitrogens with one attached hydrogen (secondary N) is 3. The van der Waals surface area contributed by atoms with Gasteiger partial charge in [-0.05, 0) is 42.5 Å². The number of aromatic nitrogens is 3. The third-order valence-electron chi connectivity index (χ3n) is 4.86. The molecule has 0 saturated heterocycles. The first kappa shape index (κ1) is 21.6. The summed E-state index contributed by atoms with van der Waals surface area (Å²) in [6.07, 6.45) is 3.52. The topological polar surface area (TPSA) is 82.7 Å². The molecule has 0 aliphatic rings. The molecule has 2 aromatic carbocycles. The molecule has 0 fully saturated rings. The zero-order valence-corrected chi connectivity index (χ0v) is 18.9. The number of carbonyl (C=O) groups excluding carboxylic acids is 1. The Morgan fingerprint density at radius 1 is 0.906 bits per heavy atom. The number of urea groups is 1. The van der Waals surface area contributed by atoms with Gasteiger partial charge >= 0.3 is 6.03 Å². The number of H-pyrrole nitrogens is 1. The van der Waals surface area contributed by atoms with Gasteiger partial charge < -0.3 is 15.6 Å². The molecular formula is C25H24ClN5O. The van der Waals surface area contributed by atoms with Crippen LogP contribution in [0.4, 0.5) is 16.2 Å². The number of nitrogens with zero attached hydrogens (tertiary/aromatic N) is 2. The summed E-state index contributed by atoms with van der Waals surface area (Å²) in [4.78, 5) is 25.0. The lowest BCUT2D eigenvalue weighted by Crippen LogP contribution is -2.19. The van der Waals surface area contributed by atoms with E-state index in [-0.39, 0.29) is 11.4 Å². The van der Waals surface area contributed by atoms with Crippen LogP contribution in [0.2, 0.25) is 5.02 Å². The predicted molar refractivity (Wildman–Crippen MR) is 130 cm³/mol.